The molecule has 0 bridgehead atoms. The first kappa shape index (κ1) is 31.4. The van der Waals surface area contributed by atoms with Crippen LogP contribution in [0.3, 0.4) is 0 Å². The number of nitrogens with one attached hydrogen (secondary N) is 3. The summed E-state index contributed by atoms with van der Waals surface area (Å²) in [7, 11) is 0. The first-order chi connectivity index (χ1) is 15.9. The van der Waals surface area contributed by atoms with E-state index in [-0.39, 0.29) is 5.91 Å². The van der Waals surface area contributed by atoms with E-state index in [2.05, 4.69) is 16.0 Å². The topological polar surface area (TPSA) is 171 Å². The van der Waals surface area contributed by atoms with Crippen molar-refractivity contribution in [3.05, 3.63) is 0 Å². The fraction of sp³-hybridized carbons (Fsp3) is 0.810. The zero-order valence-electron chi connectivity index (χ0n) is 19.5. The zero-order chi connectivity index (χ0) is 26.1. The maximum Gasteiger partial charge on any atom is 0.490 e. The zero-order valence-corrected chi connectivity index (χ0v) is 19.5. The van der Waals surface area contributed by atoms with Crippen molar-refractivity contribution in [1.82, 2.24) is 16.0 Å². The van der Waals surface area contributed by atoms with Crippen LogP contribution in [-0.4, -0.2) is 65.4 Å². The molecule has 1 fully saturated rings. The van der Waals surface area contributed by atoms with E-state index in [1.165, 1.54) is 6.42 Å². The van der Waals surface area contributed by atoms with Crippen molar-refractivity contribution in [2.75, 3.05) is 13.1 Å². The Balaban J connectivity index is 0.00000135. The molecule has 13 heteroatoms. The van der Waals surface area contributed by atoms with Crippen LogP contribution in [0, 0.1) is 5.92 Å². The molecule has 7 N–H and O–H groups in total. The van der Waals surface area contributed by atoms with Gasteiger partial charge in [0.2, 0.25) is 5.91 Å². The Morgan fingerprint density at radius 3 is 2.03 bits per heavy atom. The molecule has 1 saturated carbocycles. The van der Waals surface area contributed by atoms with E-state index in [4.69, 9.17) is 15.6 Å². The van der Waals surface area contributed by atoms with E-state index >= 15 is 0 Å². The van der Waals surface area contributed by atoms with Crippen LogP contribution in [0.25, 0.3) is 0 Å². The normalized spacial score (nSPS) is 15.8. The minimum absolute atomic E-state index is 0.201. The number of halogens is 3. The van der Waals surface area contributed by atoms with E-state index in [0.717, 1.165) is 32.1 Å². The smallest absolute Gasteiger partial charge is 0.480 e. The number of aliphatic carboxylic acids is 2. The lowest BCUT2D eigenvalue weighted by Crippen LogP contribution is -2.54. The van der Waals surface area contributed by atoms with Gasteiger partial charge in [0, 0.05) is 6.54 Å². The van der Waals surface area contributed by atoms with Gasteiger partial charge in [0.05, 0.1) is 0 Å². The lowest BCUT2D eigenvalue weighted by atomic mass is 9.84. The second-order valence-corrected chi connectivity index (χ2v) is 8.18. The highest BCUT2D eigenvalue weighted by atomic mass is 19.4. The summed E-state index contributed by atoms with van der Waals surface area (Å²) in [5.41, 5.74) is 5.43. The van der Waals surface area contributed by atoms with Gasteiger partial charge in [-0.25, -0.2) is 14.4 Å². The van der Waals surface area contributed by atoms with Crippen molar-refractivity contribution in [2.24, 2.45) is 11.7 Å². The predicted molar refractivity (Wildman–Crippen MR) is 118 cm³/mol. The first-order valence-corrected chi connectivity index (χ1v) is 11.5. The minimum atomic E-state index is -5.08. The summed E-state index contributed by atoms with van der Waals surface area (Å²) in [6.07, 6.45) is 3.63. The molecule has 0 aromatic rings. The first-order valence-electron chi connectivity index (χ1n) is 11.5. The standard InChI is InChI=1S/C19H36N4O4.C2HF3O2/c1-2-12-21-17(24)16(13-14-8-4-3-5-9-14)23-19(27)22-15(18(25)26)10-6-7-11-20;3-2(4,5)1(6)7/h14-16H,2-13,20H2,1H3,(H,21,24)(H,25,26)(H2,22,23,27);(H,6,7)/t15-,16+;/m0./s1. The fourth-order valence-electron chi connectivity index (χ4n) is 3.47. The Hall–Kier alpha value is -2.57. The van der Waals surface area contributed by atoms with Gasteiger partial charge in [-0.15, -0.1) is 0 Å². The molecule has 10 nitrogen and oxygen atoms in total. The third-order valence-corrected chi connectivity index (χ3v) is 5.26. The second kappa shape index (κ2) is 17.0. The van der Waals surface area contributed by atoms with E-state index in [1.807, 2.05) is 6.92 Å². The SMILES string of the molecule is CCCNC(=O)[C@@H](CC1CCCCC1)NC(=O)N[C@@H](CCCCN)C(=O)O.O=C(O)C(F)(F)F. The van der Waals surface area contributed by atoms with Crippen molar-refractivity contribution in [3.8, 4) is 0 Å². The molecule has 3 amide bonds. The average molecular weight is 499 g/mol. The van der Waals surface area contributed by atoms with Crippen molar-refractivity contribution in [2.45, 2.75) is 89.4 Å². The number of carboxylic acids is 2. The highest BCUT2D eigenvalue weighted by Crippen LogP contribution is 2.27. The molecule has 0 aliphatic heterocycles. The van der Waals surface area contributed by atoms with Gasteiger partial charge in [0.25, 0.3) is 0 Å². The summed E-state index contributed by atoms with van der Waals surface area (Å²) in [6.45, 7) is 3.01. The number of hydrogen-bond donors (Lipinski definition) is 6. The van der Waals surface area contributed by atoms with Gasteiger partial charge in [0.15, 0.2) is 0 Å². The van der Waals surface area contributed by atoms with Crippen LogP contribution in [0.5, 0.6) is 0 Å². The predicted octanol–water partition coefficient (Wildman–Crippen LogP) is 2.37. The van der Waals surface area contributed by atoms with Crippen LogP contribution in [0.15, 0.2) is 0 Å². The lowest BCUT2D eigenvalue weighted by molar-refractivity contribution is -0.192. The van der Waals surface area contributed by atoms with Crippen LogP contribution >= 0.6 is 0 Å². The number of carboxylic acid groups (broad SMARTS) is 2. The Bertz CT molecular complexity index is 642. The van der Waals surface area contributed by atoms with Crippen LogP contribution in [0.1, 0.15) is 71.1 Å². The number of carbonyl (C=O) groups is 4. The molecule has 34 heavy (non-hydrogen) atoms. The van der Waals surface area contributed by atoms with Crippen LogP contribution in [0.2, 0.25) is 0 Å². The van der Waals surface area contributed by atoms with Crippen molar-refractivity contribution in [3.63, 3.8) is 0 Å². The fourth-order valence-corrected chi connectivity index (χ4v) is 3.47. The number of nitrogens with two attached hydrogens (primary N) is 1. The molecule has 0 unspecified atom stereocenters. The van der Waals surface area contributed by atoms with Gasteiger partial charge in [-0.3, -0.25) is 4.79 Å². The van der Waals surface area contributed by atoms with Crippen molar-refractivity contribution < 1.29 is 42.6 Å². The lowest BCUT2D eigenvalue weighted by Gasteiger charge is -2.27. The van der Waals surface area contributed by atoms with Gasteiger partial charge in [-0.1, -0.05) is 39.0 Å². The molecule has 0 radical (unpaired) electrons. The van der Waals surface area contributed by atoms with Gasteiger partial charge in [0.1, 0.15) is 12.1 Å². The van der Waals surface area contributed by atoms with Crippen LogP contribution < -0.4 is 21.7 Å². The van der Waals surface area contributed by atoms with E-state index in [0.29, 0.717) is 44.7 Å². The summed E-state index contributed by atoms with van der Waals surface area (Å²) >= 11 is 0. The summed E-state index contributed by atoms with van der Waals surface area (Å²) in [4.78, 5) is 45.0. The Labute approximate surface area is 197 Å². The highest BCUT2D eigenvalue weighted by molar-refractivity contribution is 5.88. The number of amides is 3. The van der Waals surface area contributed by atoms with E-state index < -0.39 is 36.2 Å². The van der Waals surface area contributed by atoms with Crippen LogP contribution in [0.4, 0.5) is 18.0 Å². The van der Waals surface area contributed by atoms with Gasteiger partial charge >= 0.3 is 24.1 Å². The van der Waals surface area contributed by atoms with Crippen LogP contribution in [-0.2, 0) is 14.4 Å². The van der Waals surface area contributed by atoms with E-state index in [9.17, 15) is 32.7 Å². The Morgan fingerprint density at radius 2 is 1.56 bits per heavy atom. The number of hydrogen-bond acceptors (Lipinski definition) is 5. The highest BCUT2D eigenvalue weighted by Gasteiger charge is 2.38. The average Bonchev–Trinajstić information content (AvgIpc) is 2.76. The molecule has 1 rings (SSSR count). The van der Waals surface area contributed by atoms with Crippen molar-refractivity contribution >= 4 is 23.9 Å². The Morgan fingerprint density at radius 1 is 1.00 bits per heavy atom. The third-order valence-electron chi connectivity index (χ3n) is 5.26. The molecule has 0 spiro atoms. The summed E-state index contributed by atoms with van der Waals surface area (Å²) in [6, 6.07) is -2.23. The molecule has 0 aromatic carbocycles. The number of carbonyl (C=O) groups excluding carboxylic acids is 2. The molecule has 0 saturated heterocycles. The number of urea groups is 1. The largest absolute Gasteiger partial charge is 0.490 e. The third kappa shape index (κ3) is 14.6. The molecular weight excluding hydrogens is 461 g/mol. The molecule has 1 aliphatic rings. The Kier molecular flexibility index (Phi) is 15.7. The van der Waals surface area contributed by atoms with Crippen molar-refractivity contribution in [1.29, 1.82) is 0 Å². The molecule has 0 aromatic heterocycles. The summed E-state index contributed by atoms with van der Waals surface area (Å²) < 4.78 is 31.7. The van der Waals surface area contributed by atoms with Gasteiger partial charge < -0.3 is 31.9 Å². The number of rotatable bonds is 12. The maximum absolute atomic E-state index is 12.5. The summed E-state index contributed by atoms with van der Waals surface area (Å²) in [5, 5.41) is 24.4. The molecule has 0 heterocycles. The monoisotopic (exact) mass is 498 g/mol. The quantitative estimate of drug-likeness (QED) is 0.224. The molecule has 2 atom stereocenters. The molecule has 1 aliphatic carbocycles. The summed E-state index contributed by atoms with van der Waals surface area (Å²) in [5.74, 6) is -3.63. The number of alkyl halides is 3. The van der Waals surface area contributed by atoms with Gasteiger partial charge in [-0.2, -0.15) is 13.2 Å². The second-order valence-electron chi connectivity index (χ2n) is 8.18. The number of unbranched alkanes of at least 4 members (excludes halogenated alkanes) is 1. The molecular formula is C21H37F3N4O6. The molecule has 198 valence electrons. The maximum atomic E-state index is 12.5. The minimum Gasteiger partial charge on any atom is -0.480 e. The van der Waals surface area contributed by atoms with Gasteiger partial charge in [-0.05, 0) is 44.6 Å². The van der Waals surface area contributed by atoms with E-state index in [1.54, 1.807) is 0 Å².